The summed E-state index contributed by atoms with van der Waals surface area (Å²) in [4.78, 5) is 0.297. The van der Waals surface area contributed by atoms with Gasteiger partial charge in [0.05, 0.1) is 5.69 Å². The van der Waals surface area contributed by atoms with E-state index in [9.17, 15) is 8.42 Å². The van der Waals surface area contributed by atoms with E-state index in [0.717, 1.165) is 24.0 Å². The highest BCUT2D eigenvalue weighted by molar-refractivity contribution is 7.89. The molecule has 1 saturated heterocycles. The van der Waals surface area contributed by atoms with Crippen molar-refractivity contribution in [2.45, 2.75) is 45.4 Å². The molecule has 0 unspecified atom stereocenters. The summed E-state index contributed by atoms with van der Waals surface area (Å²) in [6.07, 6.45) is 1.86. The van der Waals surface area contributed by atoms with E-state index >= 15 is 0 Å². The van der Waals surface area contributed by atoms with Crippen LogP contribution in [0.3, 0.4) is 0 Å². The van der Waals surface area contributed by atoms with E-state index in [-0.39, 0.29) is 0 Å². The monoisotopic (exact) mass is 310 g/mol. The summed E-state index contributed by atoms with van der Waals surface area (Å²) in [5.74, 6) is 1.23. The molecule has 0 aromatic heterocycles. The number of benzene rings is 1. The number of anilines is 1. The van der Waals surface area contributed by atoms with Crippen LogP contribution in [-0.2, 0) is 10.0 Å². The Labute approximate surface area is 128 Å². The third-order valence-corrected chi connectivity index (χ3v) is 6.85. The van der Waals surface area contributed by atoms with E-state index in [1.54, 1.807) is 10.4 Å². The second-order valence-electron chi connectivity index (χ2n) is 6.41. The van der Waals surface area contributed by atoms with Crippen molar-refractivity contribution in [1.29, 1.82) is 0 Å². The summed E-state index contributed by atoms with van der Waals surface area (Å²) in [5, 5.41) is 0. The highest BCUT2D eigenvalue weighted by Crippen LogP contribution is 2.32. The Balaban J connectivity index is 2.30. The zero-order valence-corrected chi connectivity index (χ0v) is 14.2. The third kappa shape index (κ3) is 3.09. The fourth-order valence-corrected chi connectivity index (χ4v) is 4.93. The lowest BCUT2D eigenvalue weighted by Gasteiger charge is -2.33. The van der Waals surface area contributed by atoms with E-state index in [1.165, 1.54) is 0 Å². The maximum absolute atomic E-state index is 12.9. The fourth-order valence-electron chi connectivity index (χ4n) is 3.07. The van der Waals surface area contributed by atoms with Crippen LogP contribution in [-0.4, -0.2) is 25.8 Å². The quantitative estimate of drug-likeness (QED) is 0.873. The average molecular weight is 310 g/mol. The lowest BCUT2D eigenvalue weighted by molar-refractivity contribution is 0.226. The molecular weight excluding hydrogens is 284 g/mol. The van der Waals surface area contributed by atoms with Gasteiger partial charge in [-0.3, -0.25) is 0 Å². The minimum Gasteiger partial charge on any atom is -0.398 e. The Morgan fingerprint density at radius 1 is 1.19 bits per heavy atom. The predicted molar refractivity (Wildman–Crippen MR) is 86.6 cm³/mol. The zero-order valence-electron chi connectivity index (χ0n) is 13.4. The van der Waals surface area contributed by atoms with Crippen molar-refractivity contribution >= 4 is 15.7 Å². The van der Waals surface area contributed by atoms with Crippen molar-refractivity contribution in [3.63, 3.8) is 0 Å². The molecule has 1 aliphatic heterocycles. The number of sulfonamides is 1. The summed E-state index contributed by atoms with van der Waals surface area (Å²) < 4.78 is 27.4. The lowest BCUT2D eigenvalue weighted by atomic mass is 9.87. The molecule has 1 aromatic rings. The molecule has 1 heterocycles. The maximum atomic E-state index is 12.9. The number of rotatable bonds is 3. The molecule has 2 rings (SSSR count). The number of hydrogen-bond donors (Lipinski definition) is 1. The van der Waals surface area contributed by atoms with Crippen molar-refractivity contribution in [3.8, 4) is 0 Å². The molecule has 0 amide bonds. The third-order valence-electron chi connectivity index (χ3n) is 4.75. The van der Waals surface area contributed by atoms with E-state index in [2.05, 4.69) is 13.8 Å². The summed E-state index contributed by atoms with van der Waals surface area (Å²) >= 11 is 0. The second-order valence-corrected chi connectivity index (χ2v) is 8.29. The molecule has 0 radical (unpaired) electrons. The molecule has 0 aliphatic carbocycles. The molecular formula is C16H26N2O2S. The minimum atomic E-state index is -3.49. The van der Waals surface area contributed by atoms with Crippen LogP contribution in [0.15, 0.2) is 17.0 Å². The number of piperidine rings is 1. The molecule has 2 N–H and O–H groups in total. The average Bonchev–Trinajstić information content (AvgIpc) is 2.43. The van der Waals surface area contributed by atoms with Gasteiger partial charge in [-0.05, 0) is 55.7 Å². The summed E-state index contributed by atoms with van der Waals surface area (Å²) in [6.45, 7) is 9.35. The predicted octanol–water partition coefficient (Wildman–Crippen LogP) is 2.94. The molecule has 0 atom stereocenters. The number of nitrogens with two attached hydrogens (primary N) is 1. The largest absolute Gasteiger partial charge is 0.398 e. The van der Waals surface area contributed by atoms with Gasteiger partial charge < -0.3 is 5.73 Å². The standard InChI is InChI=1S/C16H26N2O2S/c1-11(2)14-7-9-18(10-8-14)21(19,20)16-13(4)12(3)5-6-15(16)17/h5-6,11,14H,7-10,17H2,1-4H3. The van der Waals surface area contributed by atoms with Crippen LogP contribution in [0, 0.1) is 25.7 Å². The Morgan fingerprint density at radius 3 is 2.29 bits per heavy atom. The van der Waals surface area contributed by atoms with Gasteiger partial charge >= 0.3 is 0 Å². The van der Waals surface area contributed by atoms with Crippen molar-refractivity contribution in [2.24, 2.45) is 11.8 Å². The minimum absolute atomic E-state index is 0.297. The van der Waals surface area contributed by atoms with Gasteiger partial charge in [0.1, 0.15) is 4.90 Å². The van der Waals surface area contributed by atoms with Crippen molar-refractivity contribution in [2.75, 3.05) is 18.8 Å². The van der Waals surface area contributed by atoms with Crippen LogP contribution in [0.5, 0.6) is 0 Å². The molecule has 0 saturated carbocycles. The van der Waals surface area contributed by atoms with Crippen molar-refractivity contribution in [3.05, 3.63) is 23.3 Å². The summed E-state index contributed by atoms with van der Waals surface area (Å²) in [7, 11) is -3.49. The van der Waals surface area contributed by atoms with Crippen LogP contribution in [0.25, 0.3) is 0 Å². The Bertz CT molecular complexity index is 615. The van der Waals surface area contributed by atoms with E-state index in [4.69, 9.17) is 5.73 Å². The summed E-state index contributed by atoms with van der Waals surface area (Å²) in [5.41, 5.74) is 8.03. The topological polar surface area (TPSA) is 63.4 Å². The Kier molecular flexibility index (Phi) is 4.63. The van der Waals surface area contributed by atoms with Gasteiger partial charge in [0.15, 0.2) is 0 Å². The first-order chi connectivity index (χ1) is 9.75. The number of hydrogen-bond acceptors (Lipinski definition) is 3. The van der Waals surface area contributed by atoms with Gasteiger partial charge in [-0.25, -0.2) is 8.42 Å². The van der Waals surface area contributed by atoms with Gasteiger partial charge in [-0.15, -0.1) is 0 Å². The van der Waals surface area contributed by atoms with Crippen molar-refractivity contribution < 1.29 is 8.42 Å². The van der Waals surface area contributed by atoms with E-state index in [1.807, 2.05) is 19.9 Å². The van der Waals surface area contributed by atoms with Crippen LogP contribution < -0.4 is 5.73 Å². The number of aryl methyl sites for hydroxylation is 1. The normalized spacial score (nSPS) is 18.3. The van der Waals surface area contributed by atoms with Gasteiger partial charge in [0.25, 0.3) is 0 Å². The highest BCUT2D eigenvalue weighted by atomic mass is 32.2. The summed E-state index contributed by atoms with van der Waals surface area (Å²) in [6, 6.07) is 3.56. The molecule has 0 spiro atoms. The molecule has 0 bridgehead atoms. The number of nitrogens with zero attached hydrogens (tertiary/aromatic N) is 1. The first-order valence-corrected chi connectivity index (χ1v) is 9.05. The van der Waals surface area contributed by atoms with Gasteiger partial charge in [0.2, 0.25) is 10.0 Å². The molecule has 1 aromatic carbocycles. The fraction of sp³-hybridized carbons (Fsp3) is 0.625. The van der Waals surface area contributed by atoms with Crippen LogP contribution in [0.2, 0.25) is 0 Å². The van der Waals surface area contributed by atoms with Crippen LogP contribution >= 0.6 is 0 Å². The molecule has 1 aliphatic rings. The van der Waals surface area contributed by atoms with E-state index < -0.39 is 10.0 Å². The van der Waals surface area contributed by atoms with Gasteiger partial charge in [-0.2, -0.15) is 4.31 Å². The first-order valence-electron chi connectivity index (χ1n) is 7.61. The SMILES string of the molecule is Cc1ccc(N)c(S(=O)(=O)N2CCC(C(C)C)CC2)c1C. The molecule has 118 valence electrons. The van der Waals surface area contributed by atoms with Crippen LogP contribution in [0.1, 0.15) is 37.8 Å². The molecule has 4 nitrogen and oxygen atoms in total. The van der Waals surface area contributed by atoms with Crippen molar-refractivity contribution in [1.82, 2.24) is 4.31 Å². The molecule has 21 heavy (non-hydrogen) atoms. The Hall–Kier alpha value is -1.07. The lowest BCUT2D eigenvalue weighted by Crippen LogP contribution is -2.40. The maximum Gasteiger partial charge on any atom is 0.245 e. The second kappa shape index (κ2) is 5.97. The smallest absolute Gasteiger partial charge is 0.245 e. The van der Waals surface area contributed by atoms with E-state index in [0.29, 0.717) is 35.5 Å². The Morgan fingerprint density at radius 2 is 1.76 bits per heavy atom. The zero-order chi connectivity index (χ0) is 15.8. The number of nitrogen functional groups attached to an aromatic ring is 1. The van der Waals surface area contributed by atoms with Gasteiger partial charge in [-0.1, -0.05) is 19.9 Å². The highest BCUT2D eigenvalue weighted by Gasteiger charge is 2.32. The van der Waals surface area contributed by atoms with Crippen LogP contribution in [0.4, 0.5) is 5.69 Å². The molecule has 5 heteroatoms. The van der Waals surface area contributed by atoms with Gasteiger partial charge in [0, 0.05) is 13.1 Å². The first kappa shape index (κ1) is 16.3. The molecule has 1 fully saturated rings.